The topological polar surface area (TPSA) is 107 Å². The van der Waals surface area contributed by atoms with Crippen LogP contribution in [0.2, 0.25) is 0 Å². The van der Waals surface area contributed by atoms with Crippen molar-refractivity contribution >= 4 is 23.3 Å². The van der Waals surface area contributed by atoms with E-state index in [9.17, 15) is 9.59 Å². The molecule has 2 aromatic rings. The van der Waals surface area contributed by atoms with Crippen molar-refractivity contribution < 1.29 is 14.3 Å². The lowest BCUT2D eigenvalue weighted by Crippen LogP contribution is -2.30. The lowest BCUT2D eigenvalue weighted by Gasteiger charge is -2.08. The molecule has 5 N–H and O–H groups in total. The zero-order valence-electron chi connectivity index (χ0n) is 11.9. The maximum atomic E-state index is 11.9. The molecular formula is C16H17N3O3. The average molecular weight is 299 g/mol. The number of carbonyl (C=O) groups is 2. The fourth-order valence-electron chi connectivity index (χ4n) is 1.85. The van der Waals surface area contributed by atoms with Crippen LogP contribution in [0.5, 0.6) is 0 Å². The summed E-state index contributed by atoms with van der Waals surface area (Å²) in [6.07, 6.45) is 0. The monoisotopic (exact) mass is 299 g/mol. The van der Waals surface area contributed by atoms with Crippen LogP contribution < -0.4 is 16.8 Å². The van der Waals surface area contributed by atoms with Gasteiger partial charge in [0.2, 0.25) is 0 Å². The van der Waals surface area contributed by atoms with E-state index in [2.05, 4.69) is 5.32 Å². The number of ether oxygens (including phenoxy) is 1. The molecule has 0 aliphatic heterocycles. The van der Waals surface area contributed by atoms with Crippen molar-refractivity contribution in [3.05, 3.63) is 59.7 Å². The van der Waals surface area contributed by atoms with Gasteiger partial charge in [-0.2, -0.15) is 0 Å². The van der Waals surface area contributed by atoms with Gasteiger partial charge >= 0.3 is 5.97 Å². The number of hydrogen-bond donors (Lipinski definition) is 3. The van der Waals surface area contributed by atoms with Gasteiger partial charge in [-0.25, -0.2) is 0 Å². The molecule has 0 heterocycles. The van der Waals surface area contributed by atoms with E-state index in [0.29, 0.717) is 16.9 Å². The number of amides is 1. The summed E-state index contributed by atoms with van der Waals surface area (Å²) in [7, 11) is 0. The molecule has 6 heteroatoms. The van der Waals surface area contributed by atoms with E-state index in [4.69, 9.17) is 16.2 Å². The Morgan fingerprint density at radius 3 is 2.27 bits per heavy atom. The number of hydrogen-bond acceptors (Lipinski definition) is 5. The van der Waals surface area contributed by atoms with Crippen molar-refractivity contribution in [2.45, 2.75) is 6.61 Å². The minimum absolute atomic E-state index is 0.167. The standard InChI is InChI=1S/C16H17N3O3/c17-13-6-12(7-14(18)8-13)16(21)19-9-15(20)22-10-11-4-2-1-3-5-11/h1-8H,9-10,17-18H2,(H,19,21). The van der Waals surface area contributed by atoms with Gasteiger partial charge in [0, 0.05) is 16.9 Å². The van der Waals surface area contributed by atoms with E-state index in [1.165, 1.54) is 12.1 Å². The minimum atomic E-state index is -0.519. The fourth-order valence-corrected chi connectivity index (χ4v) is 1.85. The lowest BCUT2D eigenvalue weighted by atomic mass is 10.1. The maximum Gasteiger partial charge on any atom is 0.325 e. The summed E-state index contributed by atoms with van der Waals surface area (Å²) >= 11 is 0. The number of nitrogen functional groups attached to an aromatic ring is 2. The van der Waals surface area contributed by atoms with Crippen molar-refractivity contribution in [3.63, 3.8) is 0 Å². The summed E-state index contributed by atoms with van der Waals surface area (Å²) in [5.74, 6) is -0.954. The predicted molar refractivity (Wildman–Crippen MR) is 83.8 cm³/mol. The summed E-state index contributed by atoms with van der Waals surface area (Å²) in [6, 6.07) is 13.8. The van der Waals surface area contributed by atoms with Gasteiger partial charge in [-0.3, -0.25) is 9.59 Å². The van der Waals surface area contributed by atoms with Crippen LogP contribution in [0.4, 0.5) is 11.4 Å². The van der Waals surface area contributed by atoms with Gasteiger partial charge in [-0.15, -0.1) is 0 Å². The Balaban J connectivity index is 1.81. The molecule has 0 saturated heterocycles. The minimum Gasteiger partial charge on any atom is -0.460 e. The van der Waals surface area contributed by atoms with E-state index >= 15 is 0 Å². The molecule has 0 unspecified atom stereocenters. The third kappa shape index (κ3) is 4.52. The Bertz CT molecular complexity index is 651. The van der Waals surface area contributed by atoms with E-state index in [-0.39, 0.29) is 13.2 Å². The van der Waals surface area contributed by atoms with Crippen molar-refractivity contribution in [2.24, 2.45) is 0 Å². The molecule has 0 aliphatic carbocycles. The number of rotatable bonds is 5. The first-order chi connectivity index (χ1) is 10.5. The van der Waals surface area contributed by atoms with Gasteiger partial charge in [0.1, 0.15) is 13.2 Å². The molecule has 1 amide bonds. The summed E-state index contributed by atoms with van der Waals surface area (Å²) < 4.78 is 5.06. The molecule has 0 saturated carbocycles. The lowest BCUT2D eigenvalue weighted by molar-refractivity contribution is -0.143. The molecule has 0 aliphatic rings. The number of nitrogens with one attached hydrogen (secondary N) is 1. The quantitative estimate of drug-likeness (QED) is 0.570. The van der Waals surface area contributed by atoms with Crippen LogP contribution in [0.25, 0.3) is 0 Å². The second-order valence-electron chi connectivity index (χ2n) is 4.72. The summed E-state index contributed by atoms with van der Waals surface area (Å²) in [5, 5.41) is 2.46. The van der Waals surface area contributed by atoms with E-state index in [1.54, 1.807) is 6.07 Å². The van der Waals surface area contributed by atoms with Gasteiger partial charge in [-0.05, 0) is 23.8 Å². The number of nitrogens with two attached hydrogens (primary N) is 2. The molecular weight excluding hydrogens is 282 g/mol. The molecule has 0 radical (unpaired) electrons. The van der Waals surface area contributed by atoms with E-state index < -0.39 is 11.9 Å². The van der Waals surface area contributed by atoms with Crippen LogP contribution in [-0.2, 0) is 16.1 Å². The van der Waals surface area contributed by atoms with Crippen LogP contribution in [-0.4, -0.2) is 18.4 Å². The highest BCUT2D eigenvalue weighted by atomic mass is 16.5. The molecule has 0 fully saturated rings. The fraction of sp³-hybridized carbons (Fsp3) is 0.125. The van der Waals surface area contributed by atoms with Gasteiger partial charge < -0.3 is 21.5 Å². The second-order valence-corrected chi connectivity index (χ2v) is 4.72. The highest BCUT2D eigenvalue weighted by Crippen LogP contribution is 2.13. The highest BCUT2D eigenvalue weighted by Gasteiger charge is 2.10. The van der Waals surface area contributed by atoms with Gasteiger partial charge in [0.05, 0.1) is 0 Å². The Morgan fingerprint density at radius 1 is 1.00 bits per heavy atom. The average Bonchev–Trinajstić information content (AvgIpc) is 2.50. The molecule has 0 bridgehead atoms. The third-order valence-corrected chi connectivity index (χ3v) is 2.88. The molecule has 0 spiro atoms. The molecule has 0 aromatic heterocycles. The number of carbonyl (C=O) groups excluding carboxylic acids is 2. The first kappa shape index (κ1) is 15.4. The van der Waals surface area contributed by atoms with Crippen molar-refractivity contribution in [2.75, 3.05) is 18.0 Å². The Hall–Kier alpha value is -3.02. The van der Waals surface area contributed by atoms with Gasteiger partial charge in [0.15, 0.2) is 0 Å². The highest BCUT2D eigenvalue weighted by molar-refractivity contribution is 5.97. The molecule has 114 valence electrons. The normalized spacial score (nSPS) is 10.0. The SMILES string of the molecule is Nc1cc(N)cc(C(=O)NCC(=O)OCc2ccccc2)c1. The van der Waals surface area contributed by atoms with Crippen molar-refractivity contribution in [1.82, 2.24) is 5.32 Å². The van der Waals surface area contributed by atoms with E-state index in [1.807, 2.05) is 30.3 Å². The van der Waals surface area contributed by atoms with Gasteiger partial charge in [0.25, 0.3) is 5.91 Å². The molecule has 22 heavy (non-hydrogen) atoms. The predicted octanol–water partition coefficient (Wildman–Crippen LogP) is 1.32. The van der Waals surface area contributed by atoms with Crippen LogP contribution in [0.1, 0.15) is 15.9 Å². The zero-order chi connectivity index (χ0) is 15.9. The Kier molecular flexibility index (Phi) is 4.98. The van der Waals surface area contributed by atoms with Gasteiger partial charge in [-0.1, -0.05) is 30.3 Å². The maximum absolute atomic E-state index is 11.9. The first-order valence-electron chi connectivity index (χ1n) is 6.68. The van der Waals surface area contributed by atoms with Crippen LogP contribution >= 0.6 is 0 Å². The molecule has 6 nitrogen and oxygen atoms in total. The Labute approximate surface area is 128 Å². The van der Waals surface area contributed by atoms with Crippen molar-refractivity contribution in [3.8, 4) is 0 Å². The largest absolute Gasteiger partial charge is 0.460 e. The summed E-state index contributed by atoms with van der Waals surface area (Å²) in [5.41, 5.74) is 13.2. The molecule has 0 atom stereocenters. The summed E-state index contributed by atoms with van der Waals surface area (Å²) in [6.45, 7) is -0.0544. The number of benzene rings is 2. The first-order valence-corrected chi connectivity index (χ1v) is 6.68. The zero-order valence-corrected chi connectivity index (χ0v) is 11.9. The van der Waals surface area contributed by atoms with Crippen LogP contribution in [0, 0.1) is 0 Å². The second kappa shape index (κ2) is 7.12. The molecule has 2 aromatic carbocycles. The third-order valence-electron chi connectivity index (χ3n) is 2.88. The van der Waals surface area contributed by atoms with Crippen molar-refractivity contribution in [1.29, 1.82) is 0 Å². The van der Waals surface area contributed by atoms with Crippen LogP contribution in [0.15, 0.2) is 48.5 Å². The molecule has 2 rings (SSSR count). The summed E-state index contributed by atoms with van der Waals surface area (Å²) in [4.78, 5) is 23.5. The smallest absolute Gasteiger partial charge is 0.325 e. The van der Waals surface area contributed by atoms with Crippen LogP contribution in [0.3, 0.4) is 0 Å². The number of anilines is 2. The Morgan fingerprint density at radius 2 is 1.64 bits per heavy atom. The van der Waals surface area contributed by atoms with E-state index in [0.717, 1.165) is 5.56 Å². The number of esters is 1.